The summed E-state index contributed by atoms with van der Waals surface area (Å²) in [5.74, 6) is 0.00806. The molecule has 2 atom stereocenters. The molecule has 1 spiro atoms. The van der Waals surface area contributed by atoms with Crippen molar-refractivity contribution in [3.05, 3.63) is 53.3 Å². The number of carboxylic acid groups (broad SMARTS) is 1. The first-order valence-electron chi connectivity index (χ1n) is 12.0. The van der Waals surface area contributed by atoms with Crippen LogP contribution in [0.1, 0.15) is 61.8 Å². The van der Waals surface area contributed by atoms with Crippen molar-refractivity contribution in [1.82, 2.24) is 4.98 Å². The van der Waals surface area contributed by atoms with E-state index in [-0.39, 0.29) is 11.5 Å². The van der Waals surface area contributed by atoms with E-state index in [1.165, 1.54) is 6.20 Å². The minimum absolute atomic E-state index is 0.0133. The monoisotopic (exact) mass is 474 g/mol. The molecular formula is C26H29F3N2O3. The van der Waals surface area contributed by atoms with Gasteiger partial charge in [-0.2, -0.15) is 13.2 Å². The van der Waals surface area contributed by atoms with Gasteiger partial charge in [0, 0.05) is 37.8 Å². The van der Waals surface area contributed by atoms with Crippen LogP contribution in [0.2, 0.25) is 0 Å². The van der Waals surface area contributed by atoms with Gasteiger partial charge in [0.15, 0.2) is 0 Å². The van der Waals surface area contributed by atoms with Crippen molar-refractivity contribution < 1.29 is 27.8 Å². The fourth-order valence-corrected chi connectivity index (χ4v) is 5.60. The molecule has 1 aromatic heterocycles. The average molecular weight is 475 g/mol. The summed E-state index contributed by atoms with van der Waals surface area (Å²) in [4.78, 5) is 17.1. The lowest BCUT2D eigenvalue weighted by Gasteiger charge is -2.45. The first kappa shape index (κ1) is 23.0. The fourth-order valence-electron chi connectivity index (χ4n) is 5.60. The molecule has 8 heteroatoms. The van der Waals surface area contributed by atoms with Gasteiger partial charge in [0.1, 0.15) is 17.0 Å². The zero-order chi connectivity index (χ0) is 24.1. The van der Waals surface area contributed by atoms with E-state index in [9.17, 15) is 23.1 Å². The number of piperidine rings is 1. The van der Waals surface area contributed by atoms with Gasteiger partial charge in [-0.25, -0.2) is 0 Å². The molecule has 2 aliphatic heterocycles. The summed E-state index contributed by atoms with van der Waals surface area (Å²) >= 11 is 0. The van der Waals surface area contributed by atoms with E-state index in [0.717, 1.165) is 61.5 Å². The number of carbonyl (C=O) groups is 1. The van der Waals surface area contributed by atoms with Crippen molar-refractivity contribution in [3.8, 4) is 5.75 Å². The summed E-state index contributed by atoms with van der Waals surface area (Å²) in [5.41, 5.74) is 1.49. The second-order valence-corrected chi connectivity index (χ2v) is 10.0. The molecule has 2 fully saturated rings. The van der Waals surface area contributed by atoms with Gasteiger partial charge in [0.25, 0.3) is 0 Å². The smallest absolute Gasteiger partial charge is 0.433 e. The van der Waals surface area contributed by atoms with E-state index in [4.69, 9.17) is 4.74 Å². The lowest BCUT2D eigenvalue weighted by atomic mass is 9.80. The number of hydrogen-bond donors (Lipinski definition) is 1. The van der Waals surface area contributed by atoms with Crippen LogP contribution < -0.4 is 9.64 Å². The van der Waals surface area contributed by atoms with E-state index < -0.39 is 23.8 Å². The van der Waals surface area contributed by atoms with Crippen LogP contribution in [-0.4, -0.2) is 34.8 Å². The highest BCUT2D eigenvalue weighted by molar-refractivity contribution is 5.71. The zero-order valence-corrected chi connectivity index (χ0v) is 19.1. The number of carboxylic acids is 1. The third-order valence-electron chi connectivity index (χ3n) is 7.78. The number of hydrogen-bond acceptors (Lipinski definition) is 4. The highest BCUT2D eigenvalue weighted by atomic mass is 19.4. The molecule has 0 radical (unpaired) electrons. The van der Waals surface area contributed by atoms with Crippen molar-refractivity contribution in [2.75, 3.05) is 18.0 Å². The van der Waals surface area contributed by atoms with Crippen molar-refractivity contribution in [3.63, 3.8) is 0 Å². The second kappa shape index (κ2) is 8.47. The van der Waals surface area contributed by atoms with Crippen molar-refractivity contribution in [2.24, 2.45) is 11.8 Å². The molecule has 1 aliphatic carbocycles. The molecular weight excluding hydrogens is 445 g/mol. The molecule has 34 heavy (non-hydrogen) atoms. The molecule has 0 bridgehead atoms. The number of aromatic nitrogens is 1. The van der Waals surface area contributed by atoms with Crippen LogP contribution in [0, 0.1) is 11.8 Å². The molecule has 3 heterocycles. The van der Waals surface area contributed by atoms with Crippen LogP contribution in [0.4, 0.5) is 18.9 Å². The van der Waals surface area contributed by atoms with Gasteiger partial charge < -0.3 is 14.7 Å². The number of anilines is 1. The second-order valence-electron chi connectivity index (χ2n) is 10.0. The van der Waals surface area contributed by atoms with Crippen molar-refractivity contribution in [2.45, 2.75) is 63.1 Å². The Morgan fingerprint density at radius 3 is 2.56 bits per heavy atom. The first-order valence-corrected chi connectivity index (χ1v) is 12.0. The Labute approximate surface area is 196 Å². The Balaban J connectivity index is 1.31. The van der Waals surface area contributed by atoms with Crippen LogP contribution in [0.3, 0.4) is 0 Å². The van der Waals surface area contributed by atoms with E-state index in [1.54, 1.807) is 13.0 Å². The van der Waals surface area contributed by atoms with Crippen molar-refractivity contribution >= 4 is 11.7 Å². The fraction of sp³-hybridized carbons (Fsp3) is 0.538. The van der Waals surface area contributed by atoms with E-state index in [1.807, 2.05) is 11.0 Å². The number of alkyl halides is 3. The Morgan fingerprint density at radius 2 is 1.91 bits per heavy atom. The van der Waals surface area contributed by atoms with Gasteiger partial charge in [-0.1, -0.05) is 19.1 Å². The summed E-state index contributed by atoms with van der Waals surface area (Å²) in [6.07, 6.45) is 2.07. The largest absolute Gasteiger partial charge is 0.487 e. The molecule has 2 aromatic rings. The van der Waals surface area contributed by atoms with Crippen LogP contribution in [0.5, 0.6) is 5.75 Å². The SMILES string of the molecule is CC(C(=O)O)C(c1ccc2c(c1)OC1(CC2)CCN(c2ccnc(C(F)(F)F)c2)CC1)C1CC1. The Morgan fingerprint density at radius 1 is 1.18 bits per heavy atom. The third kappa shape index (κ3) is 4.46. The van der Waals surface area contributed by atoms with E-state index in [0.29, 0.717) is 24.7 Å². The van der Waals surface area contributed by atoms with Crippen LogP contribution in [0.25, 0.3) is 0 Å². The topological polar surface area (TPSA) is 62.7 Å². The highest BCUT2D eigenvalue weighted by Crippen LogP contribution is 2.49. The summed E-state index contributed by atoms with van der Waals surface area (Å²) in [6.45, 7) is 3.00. The Bertz CT molecular complexity index is 1080. The normalized spacial score (nSPS) is 21.5. The van der Waals surface area contributed by atoms with Gasteiger partial charge in [0.05, 0.1) is 5.92 Å². The minimum Gasteiger partial charge on any atom is -0.487 e. The number of nitrogens with zero attached hydrogens (tertiary/aromatic N) is 2. The summed E-state index contributed by atoms with van der Waals surface area (Å²) in [5, 5.41) is 9.61. The predicted molar refractivity (Wildman–Crippen MR) is 121 cm³/mol. The number of aliphatic carboxylic acids is 1. The molecule has 1 saturated carbocycles. The van der Waals surface area contributed by atoms with E-state index >= 15 is 0 Å². The number of pyridine rings is 1. The zero-order valence-electron chi connectivity index (χ0n) is 19.1. The lowest BCUT2D eigenvalue weighted by Crippen LogP contribution is -2.50. The molecule has 1 aromatic carbocycles. The molecule has 5 rings (SSSR count). The maximum absolute atomic E-state index is 13.1. The summed E-state index contributed by atoms with van der Waals surface area (Å²) < 4.78 is 45.8. The maximum Gasteiger partial charge on any atom is 0.433 e. The number of fused-ring (bicyclic) bond motifs is 1. The van der Waals surface area contributed by atoms with Gasteiger partial charge >= 0.3 is 12.1 Å². The van der Waals surface area contributed by atoms with Gasteiger partial charge in [0.2, 0.25) is 0 Å². The molecule has 2 unspecified atom stereocenters. The standard InChI is InChI=1S/C26H29F3N2O3/c1-16(24(32)33)23(18-3-4-18)19-5-2-17-6-8-25(34-21(17)14-19)9-12-31(13-10-25)20-7-11-30-22(15-20)26(27,28)29/h2,5,7,11,14-16,18,23H,3-4,6,8-10,12-13H2,1H3,(H,32,33). The quantitative estimate of drug-likeness (QED) is 0.604. The first-order chi connectivity index (χ1) is 16.2. The number of benzene rings is 1. The molecule has 5 nitrogen and oxygen atoms in total. The predicted octanol–water partition coefficient (Wildman–Crippen LogP) is 5.68. The summed E-state index contributed by atoms with van der Waals surface area (Å²) in [7, 11) is 0. The Kier molecular flexibility index (Phi) is 5.73. The van der Waals surface area contributed by atoms with Crippen LogP contribution in [0.15, 0.2) is 36.5 Å². The maximum atomic E-state index is 13.1. The molecule has 1 N–H and O–H groups in total. The molecule has 182 valence electrons. The third-order valence-corrected chi connectivity index (χ3v) is 7.78. The number of halogens is 3. The molecule has 3 aliphatic rings. The van der Waals surface area contributed by atoms with E-state index in [2.05, 4.69) is 17.1 Å². The van der Waals surface area contributed by atoms with Crippen LogP contribution in [-0.2, 0) is 17.4 Å². The number of ether oxygens (including phenoxy) is 1. The van der Waals surface area contributed by atoms with Crippen LogP contribution >= 0.6 is 0 Å². The summed E-state index contributed by atoms with van der Waals surface area (Å²) in [6, 6.07) is 8.92. The lowest BCUT2D eigenvalue weighted by molar-refractivity contribution is -0.142. The number of aryl methyl sites for hydroxylation is 1. The highest BCUT2D eigenvalue weighted by Gasteiger charge is 2.42. The Hall–Kier alpha value is -2.77. The van der Waals surface area contributed by atoms with Gasteiger partial charge in [-0.05, 0) is 66.8 Å². The minimum atomic E-state index is -4.46. The van der Waals surface area contributed by atoms with Gasteiger partial charge in [-0.3, -0.25) is 9.78 Å². The number of rotatable bonds is 5. The molecule has 1 saturated heterocycles. The molecule has 0 amide bonds. The van der Waals surface area contributed by atoms with Gasteiger partial charge in [-0.15, -0.1) is 0 Å². The average Bonchev–Trinajstić information content (AvgIpc) is 3.64. The van der Waals surface area contributed by atoms with Crippen molar-refractivity contribution in [1.29, 1.82) is 0 Å².